The van der Waals surface area contributed by atoms with Gasteiger partial charge in [-0.05, 0) is 29.5 Å². The second kappa shape index (κ2) is 5.91. The summed E-state index contributed by atoms with van der Waals surface area (Å²) in [6.45, 7) is 3.65. The number of hydrogen-bond donors (Lipinski definition) is 1. The first-order valence-electron chi connectivity index (χ1n) is 5.82. The van der Waals surface area contributed by atoms with Crippen molar-refractivity contribution in [2.75, 3.05) is 0 Å². The Balaban J connectivity index is 3.35. The minimum Gasteiger partial charge on any atom is -0.478 e. The minimum absolute atomic E-state index is 0.0619. The molecule has 0 aliphatic heterocycles. The highest BCUT2D eigenvalue weighted by molar-refractivity contribution is 5.90. The number of halogens is 3. The molecule has 0 amide bonds. The van der Waals surface area contributed by atoms with Crippen LogP contribution in [0.1, 0.15) is 31.4 Å². The van der Waals surface area contributed by atoms with E-state index < -0.39 is 17.7 Å². The Morgan fingerprint density at radius 3 is 2.37 bits per heavy atom. The van der Waals surface area contributed by atoms with Crippen LogP contribution in [0.3, 0.4) is 0 Å². The standard InChI is InChI=1S/C14H15F3O2/c1-9(2)7-10(8-13(18)19)11-5-3-4-6-12(11)14(15,16)17/h3-6,8-9H,7H2,1-2H3,(H,18,19)/b10-8+. The summed E-state index contributed by atoms with van der Waals surface area (Å²) in [5, 5.41) is 8.79. The Hall–Kier alpha value is -1.78. The minimum atomic E-state index is -4.49. The molecule has 0 radical (unpaired) electrons. The highest BCUT2D eigenvalue weighted by atomic mass is 19.4. The van der Waals surface area contributed by atoms with Gasteiger partial charge in [0, 0.05) is 6.08 Å². The molecule has 19 heavy (non-hydrogen) atoms. The van der Waals surface area contributed by atoms with Crippen molar-refractivity contribution in [2.45, 2.75) is 26.4 Å². The fourth-order valence-electron chi connectivity index (χ4n) is 1.85. The first-order valence-corrected chi connectivity index (χ1v) is 5.82. The molecule has 0 atom stereocenters. The smallest absolute Gasteiger partial charge is 0.416 e. The Labute approximate surface area is 109 Å². The molecule has 0 aliphatic carbocycles. The van der Waals surface area contributed by atoms with Crippen molar-refractivity contribution < 1.29 is 23.1 Å². The average molecular weight is 272 g/mol. The molecule has 0 aliphatic rings. The van der Waals surface area contributed by atoms with Crippen LogP contribution in [0.25, 0.3) is 5.57 Å². The number of carbonyl (C=O) groups is 1. The zero-order chi connectivity index (χ0) is 14.6. The predicted molar refractivity (Wildman–Crippen MR) is 66.5 cm³/mol. The lowest BCUT2D eigenvalue weighted by molar-refractivity contribution is -0.138. The largest absolute Gasteiger partial charge is 0.478 e. The quantitative estimate of drug-likeness (QED) is 0.833. The van der Waals surface area contributed by atoms with Gasteiger partial charge in [0.05, 0.1) is 5.56 Å². The Morgan fingerprint density at radius 2 is 1.89 bits per heavy atom. The number of carboxylic acids is 1. The van der Waals surface area contributed by atoms with E-state index >= 15 is 0 Å². The first kappa shape index (κ1) is 15.3. The molecule has 1 aromatic carbocycles. The van der Waals surface area contributed by atoms with E-state index in [4.69, 9.17) is 5.11 Å². The van der Waals surface area contributed by atoms with Crippen LogP contribution in [0.15, 0.2) is 30.3 Å². The molecule has 0 fully saturated rings. The molecule has 0 spiro atoms. The van der Waals surface area contributed by atoms with Crippen LogP contribution < -0.4 is 0 Å². The molecule has 0 unspecified atom stereocenters. The molecule has 0 heterocycles. The Kier molecular flexibility index (Phi) is 4.75. The van der Waals surface area contributed by atoms with Crippen molar-refractivity contribution in [1.82, 2.24) is 0 Å². The zero-order valence-corrected chi connectivity index (χ0v) is 10.7. The summed E-state index contributed by atoms with van der Waals surface area (Å²) in [5.41, 5.74) is -0.676. The topological polar surface area (TPSA) is 37.3 Å². The van der Waals surface area contributed by atoms with Crippen molar-refractivity contribution in [2.24, 2.45) is 5.92 Å². The third-order valence-electron chi connectivity index (χ3n) is 2.50. The lowest BCUT2D eigenvalue weighted by atomic mass is 9.92. The number of hydrogen-bond acceptors (Lipinski definition) is 1. The number of benzene rings is 1. The predicted octanol–water partition coefficient (Wildman–Crippen LogP) is 4.22. The van der Waals surface area contributed by atoms with Crippen molar-refractivity contribution >= 4 is 11.5 Å². The molecule has 104 valence electrons. The number of rotatable bonds is 4. The fourth-order valence-corrected chi connectivity index (χ4v) is 1.85. The van der Waals surface area contributed by atoms with E-state index in [9.17, 15) is 18.0 Å². The molecule has 0 saturated carbocycles. The van der Waals surface area contributed by atoms with Gasteiger partial charge in [0.2, 0.25) is 0 Å². The third-order valence-corrected chi connectivity index (χ3v) is 2.50. The Bertz CT molecular complexity index is 488. The van der Waals surface area contributed by atoms with Gasteiger partial charge in [0.1, 0.15) is 0 Å². The summed E-state index contributed by atoms with van der Waals surface area (Å²) in [6, 6.07) is 5.03. The molecule has 2 nitrogen and oxygen atoms in total. The highest BCUT2D eigenvalue weighted by Crippen LogP contribution is 2.36. The Morgan fingerprint density at radius 1 is 1.32 bits per heavy atom. The molecule has 0 aromatic heterocycles. The lowest BCUT2D eigenvalue weighted by Crippen LogP contribution is -2.10. The van der Waals surface area contributed by atoms with Gasteiger partial charge >= 0.3 is 12.1 Å². The van der Waals surface area contributed by atoms with E-state index in [1.165, 1.54) is 18.2 Å². The maximum absolute atomic E-state index is 12.9. The van der Waals surface area contributed by atoms with Crippen LogP contribution in [0.4, 0.5) is 13.2 Å². The van der Waals surface area contributed by atoms with E-state index in [0.29, 0.717) is 0 Å². The molecule has 0 saturated heterocycles. The number of allylic oxidation sites excluding steroid dienone is 1. The van der Waals surface area contributed by atoms with Crippen LogP contribution in [-0.4, -0.2) is 11.1 Å². The average Bonchev–Trinajstić information content (AvgIpc) is 2.25. The molecule has 0 bridgehead atoms. The summed E-state index contributed by atoms with van der Waals surface area (Å²) in [7, 11) is 0. The van der Waals surface area contributed by atoms with Gasteiger partial charge in [-0.2, -0.15) is 13.2 Å². The maximum atomic E-state index is 12.9. The third kappa shape index (κ3) is 4.43. The normalized spacial score (nSPS) is 12.8. The summed E-state index contributed by atoms with van der Waals surface area (Å²) in [6.07, 6.45) is -3.37. The van der Waals surface area contributed by atoms with Crippen LogP contribution in [0.2, 0.25) is 0 Å². The molecule has 1 rings (SSSR count). The van der Waals surface area contributed by atoms with E-state index in [0.717, 1.165) is 12.1 Å². The van der Waals surface area contributed by atoms with Crippen molar-refractivity contribution in [1.29, 1.82) is 0 Å². The first-order chi connectivity index (χ1) is 8.71. The van der Waals surface area contributed by atoms with Crippen LogP contribution >= 0.6 is 0 Å². The molecule has 1 N–H and O–H groups in total. The van der Waals surface area contributed by atoms with Crippen molar-refractivity contribution in [3.63, 3.8) is 0 Å². The maximum Gasteiger partial charge on any atom is 0.416 e. The van der Waals surface area contributed by atoms with E-state index in [1.54, 1.807) is 0 Å². The van der Waals surface area contributed by atoms with Gasteiger partial charge in [-0.3, -0.25) is 0 Å². The molecule has 1 aromatic rings. The van der Waals surface area contributed by atoms with Crippen LogP contribution in [0, 0.1) is 5.92 Å². The summed E-state index contributed by atoms with van der Waals surface area (Å²) in [5.74, 6) is -1.18. The number of aliphatic carboxylic acids is 1. The molecular weight excluding hydrogens is 257 g/mol. The van der Waals surface area contributed by atoms with Gasteiger partial charge in [-0.25, -0.2) is 4.79 Å². The van der Waals surface area contributed by atoms with E-state index in [2.05, 4.69) is 0 Å². The molecular formula is C14H15F3O2. The SMILES string of the molecule is CC(C)C/C(=C\C(=O)O)c1ccccc1C(F)(F)F. The van der Waals surface area contributed by atoms with Gasteiger partial charge in [-0.15, -0.1) is 0 Å². The van der Waals surface area contributed by atoms with Crippen LogP contribution in [0.5, 0.6) is 0 Å². The number of alkyl halides is 3. The van der Waals surface area contributed by atoms with Crippen molar-refractivity contribution in [3.05, 3.63) is 41.5 Å². The second-order valence-corrected chi connectivity index (χ2v) is 4.65. The van der Waals surface area contributed by atoms with Gasteiger partial charge in [0.15, 0.2) is 0 Å². The zero-order valence-electron chi connectivity index (χ0n) is 10.7. The fraction of sp³-hybridized carbons (Fsp3) is 0.357. The van der Waals surface area contributed by atoms with Gasteiger partial charge in [-0.1, -0.05) is 32.0 Å². The van der Waals surface area contributed by atoms with E-state index in [-0.39, 0.29) is 23.5 Å². The van der Waals surface area contributed by atoms with E-state index in [1.807, 2.05) is 13.8 Å². The van der Waals surface area contributed by atoms with Gasteiger partial charge < -0.3 is 5.11 Å². The van der Waals surface area contributed by atoms with Crippen molar-refractivity contribution in [3.8, 4) is 0 Å². The molecule has 5 heteroatoms. The second-order valence-electron chi connectivity index (χ2n) is 4.65. The van der Waals surface area contributed by atoms with Gasteiger partial charge in [0.25, 0.3) is 0 Å². The highest BCUT2D eigenvalue weighted by Gasteiger charge is 2.33. The summed E-state index contributed by atoms with van der Waals surface area (Å²) in [4.78, 5) is 10.8. The summed E-state index contributed by atoms with van der Waals surface area (Å²) >= 11 is 0. The lowest BCUT2D eigenvalue weighted by Gasteiger charge is -2.16. The monoisotopic (exact) mass is 272 g/mol. The van der Waals surface area contributed by atoms with Crippen LogP contribution in [-0.2, 0) is 11.0 Å². The summed E-state index contributed by atoms with van der Waals surface area (Å²) < 4.78 is 38.7. The number of carboxylic acid groups (broad SMARTS) is 1.